The number of hydrogen-bond acceptors (Lipinski definition) is 9. The van der Waals surface area contributed by atoms with E-state index in [-0.39, 0.29) is 0 Å². The number of anilines is 1. The van der Waals surface area contributed by atoms with Crippen molar-refractivity contribution in [2.45, 2.75) is 41.7 Å². The normalized spacial score (nSPS) is 14.5. The van der Waals surface area contributed by atoms with Crippen molar-refractivity contribution < 1.29 is 79.6 Å². The van der Waals surface area contributed by atoms with E-state index in [9.17, 15) is 85.2 Å². The number of nitrogens with one attached hydrogen (secondary N) is 1. The zero-order chi connectivity index (χ0) is 31.0. The molecule has 0 fully saturated rings. The Bertz CT molecular complexity index is 1260. The molecule has 0 saturated heterocycles. The first-order valence-corrected chi connectivity index (χ1v) is 10.2. The van der Waals surface area contributed by atoms with E-state index in [0.29, 0.717) is 18.2 Å². The summed E-state index contributed by atoms with van der Waals surface area (Å²) in [5, 5.41) is 16.8. The van der Waals surface area contributed by atoms with E-state index in [1.165, 1.54) is 10.2 Å². The Labute approximate surface area is 204 Å². The van der Waals surface area contributed by atoms with Crippen molar-refractivity contribution in [1.29, 1.82) is 0 Å². The van der Waals surface area contributed by atoms with Crippen molar-refractivity contribution >= 4 is 33.5 Å². The van der Waals surface area contributed by atoms with Gasteiger partial charge in [0.25, 0.3) is 5.69 Å². The lowest BCUT2D eigenvalue weighted by Gasteiger charge is -2.37. The van der Waals surface area contributed by atoms with E-state index in [2.05, 4.69) is 5.10 Å². The highest BCUT2D eigenvalue weighted by Gasteiger charge is 2.84. The van der Waals surface area contributed by atoms with Crippen LogP contribution in [-0.4, -0.2) is 59.7 Å². The molecule has 0 radical (unpaired) electrons. The van der Waals surface area contributed by atoms with Crippen LogP contribution in [0, 0.1) is 20.2 Å². The molecule has 39 heavy (non-hydrogen) atoms. The number of benzene rings is 1. The van der Waals surface area contributed by atoms with Crippen LogP contribution in [0.25, 0.3) is 0 Å². The Balaban J connectivity index is 3.22. The predicted octanol–water partition coefficient (Wildman–Crippen LogP) is 5.29. The molecular weight excluding hydrogens is 615 g/mol. The van der Waals surface area contributed by atoms with Crippen LogP contribution in [0.15, 0.2) is 23.3 Å². The lowest BCUT2D eigenvalue weighted by molar-refractivity contribution is -0.488. The van der Waals surface area contributed by atoms with Gasteiger partial charge in [-0.15, -0.1) is 0 Å². The summed E-state index contributed by atoms with van der Waals surface area (Å²) in [4.78, 5) is 19.1. The minimum absolute atomic E-state index is 0.302. The molecule has 0 aromatic heterocycles. The first-order valence-electron chi connectivity index (χ1n) is 8.78. The van der Waals surface area contributed by atoms with Gasteiger partial charge in [0.15, 0.2) is 0 Å². The van der Waals surface area contributed by atoms with Gasteiger partial charge in [0, 0.05) is 12.3 Å². The summed E-state index contributed by atoms with van der Waals surface area (Å²) in [5.41, 5.74) is -1.36. The third-order valence-corrected chi connectivity index (χ3v) is 4.98. The number of nitrogens with zero attached hydrogens (tertiary/aromatic N) is 3. The lowest BCUT2D eigenvalue weighted by atomic mass is 10.0. The molecule has 11 nitrogen and oxygen atoms in total. The largest absolute Gasteiger partial charge is 0.464 e. The molecule has 25 heteroatoms. The second-order valence-corrected chi connectivity index (χ2v) is 8.18. The monoisotopic (exact) mass is 622 g/mol. The minimum atomic E-state index is -7.92. The number of ether oxygens (including phenoxy) is 1. The molecule has 0 atom stereocenters. The Morgan fingerprint density at radius 3 is 1.82 bits per heavy atom. The van der Waals surface area contributed by atoms with Gasteiger partial charge in [-0.2, -0.15) is 66.2 Å². The molecule has 0 spiro atoms. The van der Waals surface area contributed by atoms with Crippen molar-refractivity contribution in [2.75, 3.05) is 5.43 Å². The molecule has 0 unspecified atom stereocenters. The molecule has 1 rings (SSSR count). The third kappa shape index (κ3) is 6.22. The number of halogens is 13. The summed E-state index contributed by atoms with van der Waals surface area (Å²) in [5.74, 6) is -21.7. The summed E-state index contributed by atoms with van der Waals surface area (Å²) in [7, 11) is -7.92. The van der Waals surface area contributed by atoms with Gasteiger partial charge in [-0.25, -0.2) is 4.74 Å². The highest BCUT2D eigenvalue weighted by Crippen LogP contribution is 2.56. The van der Waals surface area contributed by atoms with Crippen LogP contribution in [0.3, 0.4) is 0 Å². The number of alkyl halides is 12. The number of hydrazone groups is 1. The maximum absolute atomic E-state index is 13.7. The van der Waals surface area contributed by atoms with Gasteiger partial charge in [0.1, 0.15) is 5.69 Å². The Hall–Kier alpha value is -3.51. The molecule has 0 aliphatic carbocycles. The molecular formula is C14H7F13N4O7S. The van der Waals surface area contributed by atoms with E-state index in [1.807, 2.05) is 0 Å². The molecule has 0 aliphatic rings. The van der Waals surface area contributed by atoms with E-state index < -0.39 is 85.0 Å². The van der Waals surface area contributed by atoms with Crippen LogP contribution >= 0.6 is 0 Å². The molecule has 0 aliphatic heterocycles. The van der Waals surface area contributed by atoms with Crippen LogP contribution in [0.4, 0.5) is 73.6 Å². The summed E-state index contributed by atoms with van der Waals surface area (Å²) in [6.07, 6.45) is -18.5. The number of rotatable bonds is 13. The zero-order valence-corrected chi connectivity index (χ0v) is 18.4. The van der Waals surface area contributed by atoms with Crippen molar-refractivity contribution in [1.82, 2.24) is 0 Å². The third-order valence-electron chi connectivity index (χ3n) is 4.13. The van der Waals surface area contributed by atoms with Crippen LogP contribution in [0.2, 0.25) is 0 Å². The second kappa shape index (κ2) is 10.2. The number of hydrogen-bond donors (Lipinski definition) is 1. The summed E-state index contributed by atoms with van der Waals surface area (Å²) < 4.78 is 194. The topological polar surface area (TPSA) is 154 Å². The summed E-state index contributed by atoms with van der Waals surface area (Å²) >= 11 is 0. The molecule has 0 bridgehead atoms. The van der Waals surface area contributed by atoms with Crippen LogP contribution in [-0.2, 0) is 15.0 Å². The van der Waals surface area contributed by atoms with Crippen LogP contribution in [0.5, 0.6) is 0 Å². The second-order valence-electron chi connectivity index (χ2n) is 6.79. The molecule has 0 saturated carbocycles. The predicted molar refractivity (Wildman–Crippen MR) is 97.3 cm³/mol. The molecule has 1 aromatic rings. The van der Waals surface area contributed by atoms with Crippen molar-refractivity contribution in [3.05, 3.63) is 38.4 Å². The summed E-state index contributed by atoms with van der Waals surface area (Å²) in [6, 6.07) is 1.43. The molecule has 1 N–H and O–H groups in total. The fraction of sp³-hybridized carbons (Fsp3) is 0.500. The van der Waals surface area contributed by atoms with Gasteiger partial charge in [-0.05, 0) is 6.07 Å². The van der Waals surface area contributed by atoms with Crippen molar-refractivity contribution in [3.63, 3.8) is 0 Å². The lowest BCUT2D eigenvalue weighted by Crippen LogP contribution is -2.65. The molecule has 1 aromatic carbocycles. The van der Waals surface area contributed by atoms with Gasteiger partial charge >= 0.3 is 51.1 Å². The maximum Gasteiger partial charge on any atom is 0.464 e. The van der Waals surface area contributed by atoms with Crippen molar-refractivity contribution in [2.24, 2.45) is 5.10 Å². The Kier molecular flexibility index (Phi) is 8.79. The quantitative estimate of drug-likeness (QED) is 0.102. The number of nitro groups is 2. The number of nitro benzene ring substituents is 2. The first kappa shape index (κ1) is 33.5. The molecule has 0 heterocycles. The SMILES string of the molecule is O=[N+]([O-])c1ccc(N/N=C/CC(F)(F)C(F)(F)C(F)(F)C(F)(F)OC(F)(F)C(F)(F)S(=O)(=O)F)c([N+](=O)[O-])c1. The first-order chi connectivity index (χ1) is 17.2. The highest BCUT2D eigenvalue weighted by molar-refractivity contribution is 7.87. The highest BCUT2D eigenvalue weighted by atomic mass is 32.3. The smallest absolute Gasteiger partial charge is 0.272 e. The average molecular weight is 622 g/mol. The maximum atomic E-state index is 13.7. The fourth-order valence-corrected chi connectivity index (χ4v) is 2.45. The van der Waals surface area contributed by atoms with Gasteiger partial charge in [-0.3, -0.25) is 25.7 Å². The van der Waals surface area contributed by atoms with E-state index in [1.54, 1.807) is 0 Å². The van der Waals surface area contributed by atoms with Crippen LogP contribution in [0.1, 0.15) is 6.42 Å². The fourth-order valence-electron chi connectivity index (χ4n) is 2.12. The van der Waals surface area contributed by atoms with Crippen LogP contribution < -0.4 is 5.43 Å². The standard InChI is InChI=1S/C14H7F13N4O7S/c15-9(16,3-4-28-29-7-2-1-6(30(32)33)5-8(7)31(34)35)10(17,18)11(19,20)12(21,22)38-13(23,24)14(25,26)39(27,36)37/h1-2,4-5,29H,3H2/b28-4+. The van der Waals surface area contributed by atoms with Gasteiger partial charge in [0.05, 0.1) is 22.3 Å². The van der Waals surface area contributed by atoms with Gasteiger partial charge in [0.2, 0.25) is 0 Å². The molecule has 222 valence electrons. The van der Waals surface area contributed by atoms with E-state index in [4.69, 9.17) is 0 Å². The van der Waals surface area contributed by atoms with E-state index in [0.717, 1.165) is 0 Å². The van der Waals surface area contributed by atoms with Crippen molar-refractivity contribution in [3.8, 4) is 0 Å². The van der Waals surface area contributed by atoms with Gasteiger partial charge in [-0.1, -0.05) is 3.89 Å². The minimum Gasteiger partial charge on any atom is -0.272 e. The van der Waals surface area contributed by atoms with E-state index >= 15 is 0 Å². The average Bonchev–Trinajstić information content (AvgIpc) is 2.74. The van der Waals surface area contributed by atoms with Gasteiger partial charge < -0.3 is 0 Å². The number of non-ortho nitro benzene ring substituents is 1. The summed E-state index contributed by atoms with van der Waals surface area (Å²) in [6.45, 7) is 0. The Morgan fingerprint density at radius 1 is 0.872 bits per heavy atom. The Morgan fingerprint density at radius 2 is 1.38 bits per heavy atom. The zero-order valence-electron chi connectivity index (χ0n) is 17.5. The molecule has 0 amide bonds.